The van der Waals surface area contributed by atoms with Gasteiger partial charge in [0.05, 0.1) is 11.5 Å². The van der Waals surface area contributed by atoms with Gasteiger partial charge in [-0.3, -0.25) is 10.1 Å². The molecule has 0 fully saturated rings. The molecule has 0 spiro atoms. The van der Waals surface area contributed by atoms with Gasteiger partial charge in [0.25, 0.3) is 0 Å². The molecule has 2 heterocycles. The third kappa shape index (κ3) is 2.92. The van der Waals surface area contributed by atoms with Crippen molar-refractivity contribution in [3.8, 4) is 0 Å². The quantitative estimate of drug-likeness (QED) is 0.487. The van der Waals surface area contributed by atoms with E-state index in [1.165, 1.54) is 17.8 Å². The second kappa shape index (κ2) is 6.66. The maximum atomic E-state index is 12.0. The summed E-state index contributed by atoms with van der Waals surface area (Å²) in [4.78, 5) is 29.1. The Bertz CT molecular complexity index is 791. The van der Waals surface area contributed by atoms with E-state index < -0.39 is 10.9 Å². The lowest BCUT2D eigenvalue weighted by Gasteiger charge is -2.29. The number of nitro groups is 1. The fourth-order valence-corrected chi connectivity index (χ4v) is 2.90. The van der Waals surface area contributed by atoms with Gasteiger partial charge in [0.15, 0.2) is 0 Å². The normalized spacial score (nSPS) is 13.3. The fourth-order valence-electron chi connectivity index (χ4n) is 2.90. The van der Waals surface area contributed by atoms with Crippen molar-refractivity contribution in [2.45, 2.75) is 19.9 Å². The van der Waals surface area contributed by atoms with E-state index in [4.69, 9.17) is 4.74 Å². The number of ether oxygens (including phenoxy) is 1. The average molecular weight is 327 g/mol. The molecular formula is C17H17N3O4. The Kier molecular flexibility index (Phi) is 4.41. The summed E-state index contributed by atoms with van der Waals surface area (Å²) < 4.78 is 4.93. The van der Waals surface area contributed by atoms with Crippen LogP contribution in [0.25, 0.3) is 0 Å². The third-order valence-electron chi connectivity index (χ3n) is 4.01. The number of carbonyl (C=O) groups is 1. The first kappa shape index (κ1) is 15.9. The van der Waals surface area contributed by atoms with Gasteiger partial charge in [0.1, 0.15) is 5.56 Å². The van der Waals surface area contributed by atoms with E-state index in [0.29, 0.717) is 13.1 Å². The number of hydrogen-bond acceptors (Lipinski definition) is 6. The first-order valence-electron chi connectivity index (χ1n) is 7.74. The van der Waals surface area contributed by atoms with Gasteiger partial charge in [-0.05, 0) is 30.5 Å². The zero-order valence-corrected chi connectivity index (χ0v) is 13.3. The first-order chi connectivity index (χ1) is 11.6. The molecule has 0 N–H and O–H groups in total. The van der Waals surface area contributed by atoms with Crippen molar-refractivity contribution in [1.82, 2.24) is 4.98 Å². The molecule has 1 aromatic carbocycles. The Morgan fingerprint density at radius 3 is 2.79 bits per heavy atom. The molecule has 24 heavy (non-hydrogen) atoms. The van der Waals surface area contributed by atoms with Gasteiger partial charge in [0, 0.05) is 19.3 Å². The smallest absolute Gasteiger partial charge is 0.345 e. The first-order valence-corrected chi connectivity index (χ1v) is 7.74. The van der Waals surface area contributed by atoms with Crippen LogP contribution < -0.4 is 4.90 Å². The van der Waals surface area contributed by atoms with Crippen LogP contribution in [0.15, 0.2) is 36.5 Å². The monoisotopic (exact) mass is 327 g/mol. The fraction of sp³-hybridized carbons (Fsp3) is 0.294. The summed E-state index contributed by atoms with van der Waals surface area (Å²) in [6.07, 6.45) is 2.19. The van der Waals surface area contributed by atoms with Crippen LogP contribution in [0, 0.1) is 10.1 Å². The van der Waals surface area contributed by atoms with Gasteiger partial charge >= 0.3 is 11.7 Å². The minimum Gasteiger partial charge on any atom is -0.462 e. The molecule has 1 aliphatic heterocycles. The molecule has 7 heteroatoms. The number of carbonyl (C=O) groups excluding carboxylic acids is 1. The van der Waals surface area contributed by atoms with E-state index in [0.717, 1.165) is 12.0 Å². The molecular weight excluding hydrogens is 310 g/mol. The van der Waals surface area contributed by atoms with Crippen molar-refractivity contribution in [2.24, 2.45) is 0 Å². The van der Waals surface area contributed by atoms with Crippen molar-refractivity contribution >= 4 is 17.5 Å². The van der Waals surface area contributed by atoms with Gasteiger partial charge in [0.2, 0.25) is 5.82 Å². The third-order valence-corrected chi connectivity index (χ3v) is 4.01. The molecule has 3 rings (SSSR count). The molecule has 0 atom stereocenters. The topological polar surface area (TPSA) is 85.6 Å². The molecule has 0 unspecified atom stereocenters. The van der Waals surface area contributed by atoms with Crippen LogP contribution in [0.4, 0.5) is 11.5 Å². The Morgan fingerprint density at radius 1 is 1.33 bits per heavy atom. The van der Waals surface area contributed by atoms with Crippen molar-refractivity contribution in [3.63, 3.8) is 0 Å². The lowest BCUT2D eigenvalue weighted by Crippen LogP contribution is -2.32. The van der Waals surface area contributed by atoms with E-state index in [9.17, 15) is 14.9 Å². The van der Waals surface area contributed by atoms with Gasteiger partial charge in [-0.1, -0.05) is 24.3 Å². The number of aromatic nitrogens is 1. The maximum Gasteiger partial charge on any atom is 0.345 e. The zero-order chi connectivity index (χ0) is 17.1. The molecule has 0 saturated carbocycles. The Balaban J connectivity index is 2.01. The Labute approximate surface area is 139 Å². The molecule has 2 aromatic rings. The van der Waals surface area contributed by atoms with Gasteiger partial charge in [-0.2, -0.15) is 0 Å². The van der Waals surface area contributed by atoms with Gasteiger partial charge in [-0.15, -0.1) is 0 Å². The highest BCUT2D eigenvalue weighted by Crippen LogP contribution is 2.33. The van der Waals surface area contributed by atoms with Crippen molar-refractivity contribution in [1.29, 1.82) is 0 Å². The summed E-state index contributed by atoms with van der Waals surface area (Å²) in [6, 6.07) is 9.32. The zero-order valence-electron chi connectivity index (χ0n) is 13.3. The number of rotatable bonds is 4. The lowest BCUT2D eigenvalue weighted by molar-refractivity contribution is -0.384. The molecule has 1 aliphatic rings. The lowest BCUT2D eigenvalue weighted by atomic mass is 10.00. The second-order valence-electron chi connectivity index (χ2n) is 5.45. The molecule has 124 valence electrons. The Hall–Kier alpha value is -2.96. The Morgan fingerprint density at radius 2 is 2.08 bits per heavy atom. The summed E-state index contributed by atoms with van der Waals surface area (Å²) in [5, 5.41) is 11.6. The SMILES string of the molecule is CCOC(=O)c1ccnc(N2CCc3ccccc3C2)c1[N+](=O)[O-]. The highest BCUT2D eigenvalue weighted by atomic mass is 16.6. The van der Waals surface area contributed by atoms with Crippen LogP contribution in [0.2, 0.25) is 0 Å². The largest absolute Gasteiger partial charge is 0.462 e. The van der Waals surface area contributed by atoms with Crippen LogP contribution >= 0.6 is 0 Å². The molecule has 0 bridgehead atoms. The standard InChI is InChI=1S/C17H17N3O4/c1-2-24-17(21)14-7-9-18-16(15(14)20(22)23)19-10-8-12-5-3-4-6-13(12)11-19/h3-7,9H,2,8,10-11H2,1H3. The molecule has 1 aromatic heterocycles. The predicted molar refractivity (Wildman–Crippen MR) is 88.0 cm³/mol. The van der Waals surface area contributed by atoms with E-state index in [2.05, 4.69) is 11.1 Å². The van der Waals surface area contributed by atoms with E-state index in [1.807, 2.05) is 23.1 Å². The number of hydrogen-bond donors (Lipinski definition) is 0. The van der Waals surface area contributed by atoms with Crippen LogP contribution in [0.5, 0.6) is 0 Å². The highest BCUT2D eigenvalue weighted by Gasteiger charge is 2.31. The highest BCUT2D eigenvalue weighted by molar-refractivity contribution is 5.96. The van der Waals surface area contributed by atoms with E-state index >= 15 is 0 Å². The summed E-state index contributed by atoms with van der Waals surface area (Å²) in [6.45, 7) is 2.95. The van der Waals surface area contributed by atoms with Crippen LogP contribution in [0.3, 0.4) is 0 Å². The molecule has 0 saturated heterocycles. The van der Waals surface area contributed by atoms with Crippen LogP contribution in [-0.4, -0.2) is 29.0 Å². The molecule has 0 amide bonds. The van der Waals surface area contributed by atoms with Crippen molar-refractivity contribution in [2.75, 3.05) is 18.1 Å². The summed E-state index contributed by atoms with van der Waals surface area (Å²) in [5.41, 5.74) is 1.99. The minimum absolute atomic E-state index is 0.0642. The number of anilines is 1. The van der Waals surface area contributed by atoms with Gasteiger partial charge in [-0.25, -0.2) is 9.78 Å². The van der Waals surface area contributed by atoms with Crippen LogP contribution in [-0.2, 0) is 17.7 Å². The van der Waals surface area contributed by atoms with Crippen molar-refractivity contribution in [3.05, 3.63) is 63.3 Å². The molecule has 7 nitrogen and oxygen atoms in total. The number of esters is 1. The number of benzene rings is 1. The molecule has 0 aliphatic carbocycles. The molecule has 0 radical (unpaired) electrons. The van der Waals surface area contributed by atoms with Crippen molar-refractivity contribution < 1.29 is 14.5 Å². The second-order valence-corrected chi connectivity index (χ2v) is 5.45. The number of nitrogens with zero attached hydrogens (tertiary/aromatic N) is 3. The van der Waals surface area contributed by atoms with E-state index in [-0.39, 0.29) is 23.7 Å². The van der Waals surface area contributed by atoms with E-state index in [1.54, 1.807) is 6.92 Å². The minimum atomic E-state index is -0.703. The average Bonchev–Trinajstić information content (AvgIpc) is 2.60. The van der Waals surface area contributed by atoms with Crippen LogP contribution in [0.1, 0.15) is 28.4 Å². The predicted octanol–water partition coefficient (Wildman–Crippen LogP) is 2.73. The maximum absolute atomic E-state index is 12.0. The van der Waals surface area contributed by atoms with Gasteiger partial charge < -0.3 is 9.64 Å². The summed E-state index contributed by atoms with van der Waals surface area (Å²) >= 11 is 0. The number of pyridine rings is 1. The number of fused-ring (bicyclic) bond motifs is 1. The summed E-state index contributed by atoms with van der Waals surface area (Å²) in [7, 11) is 0. The summed E-state index contributed by atoms with van der Waals surface area (Å²) in [5.74, 6) is -0.495.